The van der Waals surface area contributed by atoms with E-state index in [1.54, 1.807) is 34.6 Å². The van der Waals surface area contributed by atoms with Crippen LogP contribution in [0.1, 0.15) is 10.5 Å². The van der Waals surface area contributed by atoms with Crippen LogP contribution < -0.4 is 5.32 Å². The van der Waals surface area contributed by atoms with Gasteiger partial charge in [0, 0.05) is 17.3 Å². The molecule has 0 radical (unpaired) electrons. The molecule has 1 N–H and O–H groups in total. The van der Waals surface area contributed by atoms with E-state index < -0.39 is 0 Å². The van der Waals surface area contributed by atoms with E-state index in [1.165, 1.54) is 17.5 Å². The first-order chi connectivity index (χ1) is 12.7. The number of nitrogens with one attached hydrogen (secondary N) is 1. The molecule has 3 heterocycles. The maximum atomic E-state index is 12.6. The molecule has 0 aliphatic rings. The normalized spacial score (nSPS) is 10.7. The van der Waals surface area contributed by atoms with Crippen molar-refractivity contribution >= 4 is 34.0 Å². The lowest BCUT2D eigenvalue weighted by molar-refractivity contribution is 0.102. The summed E-state index contributed by atoms with van der Waals surface area (Å²) in [4.78, 5) is 25.4. The third-order valence-electron chi connectivity index (χ3n) is 3.63. The second-order valence-electron chi connectivity index (χ2n) is 5.31. The van der Waals surface area contributed by atoms with Crippen molar-refractivity contribution in [3.63, 3.8) is 0 Å². The third kappa shape index (κ3) is 3.22. The molecule has 26 heavy (non-hydrogen) atoms. The standard InChI is InChI=1S/C18H12ClN5OS/c19-13-7-4-8-21-16(13)14-10-26-18(22-14)23-17(25)15-9-20-11-24(15)12-5-2-1-3-6-12/h1-11H,(H,22,23,25). The van der Waals surface area contributed by atoms with Crippen molar-refractivity contribution in [1.29, 1.82) is 0 Å². The van der Waals surface area contributed by atoms with Crippen LogP contribution in [0, 0.1) is 0 Å². The van der Waals surface area contributed by atoms with Crippen molar-refractivity contribution in [3.8, 4) is 17.1 Å². The number of hydrogen-bond acceptors (Lipinski definition) is 5. The monoisotopic (exact) mass is 381 g/mol. The SMILES string of the molecule is O=C(Nc1nc(-c2ncccc2Cl)cs1)c1cncn1-c1ccccc1. The molecule has 1 amide bonds. The van der Waals surface area contributed by atoms with E-state index >= 15 is 0 Å². The van der Waals surface area contributed by atoms with Gasteiger partial charge in [-0.15, -0.1) is 11.3 Å². The second-order valence-corrected chi connectivity index (χ2v) is 6.58. The number of carbonyl (C=O) groups excluding carboxylic acids is 1. The molecular formula is C18H12ClN5OS. The van der Waals surface area contributed by atoms with Crippen molar-refractivity contribution in [2.24, 2.45) is 0 Å². The summed E-state index contributed by atoms with van der Waals surface area (Å²) in [7, 11) is 0. The van der Waals surface area contributed by atoms with Crippen LogP contribution >= 0.6 is 22.9 Å². The van der Waals surface area contributed by atoms with Crippen molar-refractivity contribution in [2.75, 3.05) is 5.32 Å². The summed E-state index contributed by atoms with van der Waals surface area (Å²) in [5.41, 5.74) is 2.48. The lowest BCUT2D eigenvalue weighted by Crippen LogP contribution is -2.15. The summed E-state index contributed by atoms with van der Waals surface area (Å²) in [5.74, 6) is -0.292. The van der Waals surface area contributed by atoms with E-state index in [0.29, 0.717) is 27.2 Å². The predicted octanol–water partition coefficient (Wildman–Crippen LogP) is 4.30. The minimum atomic E-state index is -0.292. The van der Waals surface area contributed by atoms with E-state index in [9.17, 15) is 4.79 Å². The molecule has 3 aromatic heterocycles. The number of thiazole rings is 1. The Kier molecular flexibility index (Phi) is 4.47. The molecule has 0 spiro atoms. The van der Waals surface area contributed by atoms with Crippen LogP contribution in [0.25, 0.3) is 17.1 Å². The van der Waals surface area contributed by atoms with Crippen molar-refractivity contribution in [3.05, 3.63) is 77.3 Å². The van der Waals surface area contributed by atoms with Gasteiger partial charge in [-0.3, -0.25) is 19.7 Å². The number of anilines is 1. The van der Waals surface area contributed by atoms with Gasteiger partial charge in [-0.2, -0.15) is 0 Å². The molecular weight excluding hydrogens is 370 g/mol. The van der Waals surface area contributed by atoms with Gasteiger partial charge in [-0.1, -0.05) is 29.8 Å². The lowest BCUT2D eigenvalue weighted by Gasteiger charge is -2.07. The summed E-state index contributed by atoms with van der Waals surface area (Å²) in [6.45, 7) is 0. The number of rotatable bonds is 4. The zero-order valence-corrected chi connectivity index (χ0v) is 14.9. The molecule has 0 bridgehead atoms. The van der Waals surface area contributed by atoms with Crippen LogP contribution in [0.4, 0.5) is 5.13 Å². The van der Waals surface area contributed by atoms with Gasteiger partial charge < -0.3 is 0 Å². The number of hydrogen-bond donors (Lipinski definition) is 1. The molecule has 0 atom stereocenters. The van der Waals surface area contributed by atoms with Crippen LogP contribution in [0.5, 0.6) is 0 Å². The first kappa shape index (κ1) is 16.4. The Morgan fingerprint density at radius 3 is 2.81 bits per heavy atom. The number of nitrogens with zero attached hydrogens (tertiary/aromatic N) is 4. The molecule has 0 aliphatic carbocycles. The number of imidazole rings is 1. The first-order valence-electron chi connectivity index (χ1n) is 7.68. The molecule has 4 aromatic rings. The Hall–Kier alpha value is -3.03. The summed E-state index contributed by atoms with van der Waals surface area (Å²) >= 11 is 7.46. The zero-order valence-electron chi connectivity index (χ0n) is 13.3. The second kappa shape index (κ2) is 7.07. The number of para-hydroxylation sites is 1. The Bertz CT molecular complexity index is 1060. The lowest BCUT2D eigenvalue weighted by atomic mass is 10.3. The molecule has 128 valence electrons. The van der Waals surface area contributed by atoms with Gasteiger partial charge in [0.2, 0.25) is 0 Å². The number of amides is 1. The molecule has 0 fully saturated rings. The predicted molar refractivity (Wildman–Crippen MR) is 102 cm³/mol. The summed E-state index contributed by atoms with van der Waals surface area (Å²) in [6.07, 6.45) is 4.77. The molecule has 4 rings (SSSR count). The van der Waals surface area contributed by atoms with Gasteiger partial charge in [0.05, 0.1) is 17.5 Å². The number of halogens is 1. The number of benzene rings is 1. The van der Waals surface area contributed by atoms with Crippen LogP contribution in [0.3, 0.4) is 0 Å². The highest BCUT2D eigenvalue weighted by Crippen LogP contribution is 2.28. The number of pyridine rings is 1. The van der Waals surface area contributed by atoms with Gasteiger partial charge in [-0.25, -0.2) is 9.97 Å². The fourth-order valence-electron chi connectivity index (χ4n) is 2.43. The minimum absolute atomic E-state index is 0.292. The molecule has 0 saturated heterocycles. The third-order valence-corrected chi connectivity index (χ3v) is 4.69. The van der Waals surface area contributed by atoms with Crippen LogP contribution in [0.2, 0.25) is 5.02 Å². The van der Waals surface area contributed by atoms with Gasteiger partial charge in [0.15, 0.2) is 5.13 Å². The summed E-state index contributed by atoms with van der Waals surface area (Å²) < 4.78 is 1.72. The quantitative estimate of drug-likeness (QED) is 0.572. The van der Waals surface area contributed by atoms with E-state index in [2.05, 4.69) is 20.3 Å². The smallest absolute Gasteiger partial charge is 0.276 e. The molecule has 0 aliphatic heterocycles. The average molecular weight is 382 g/mol. The molecule has 6 nitrogen and oxygen atoms in total. The van der Waals surface area contributed by atoms with Crippen LogP contribution in [0.15, 0.2) is 66.6 Å². The Morgan fingerprint density at radius 1 is 1.15 bits per heavy atom. The van der Waals surface area contributed by atoms with E-state index in [4.69, 9.17) is 11.6 Å². The summed E-state index contributed by atoms with van der Waals surface area (Å²) in [5, 5.41) is 5.58. The highest BCUT2D eigenvalue weighted by Gasteiger charge is 2.16. The maximum Gasteiger partial charge on any atom is 0.276 e. The molecule has 0 unspecified atom stereocenters. The van der Waals surface area contributed by atoms with Gasteiger partial charge >= 0.3 is 0 Å². The van der Waals surface area contributed by atoms with Gasteiger partial charge in [0.1, 0.15) is 17.1 Å². The largest absolute Gasteiger partial charge is 0.296 e. The van der Waals surface area contributed by atoms with Crippen molar-refractivity contribution in [2.45, 2.75) is 0 Å². The Labute approximate surface area is 158 Å². The number of carbonyl (C=O) groups is 1. The summed E-state index contributed by atoms with van der Waals surface area (Å²) in [6, 6.07) is 13.0. The first-order valence-corrected chi connectivity index (χ1v) is 8.93. The van der Waals surface area contributed by atoms with Crippen molar-refractivity contribution < 1.29 is 4.79 Å². The fraction of sp³-hybridized carbons (Fsp3) is 0. The van der Waals surface area contributed by atoms with Crippen LogP contribution in [-0.2, 0) is 0 Å². The van der Waals surface area contributed by atoms with Crippen LogP contribution in [-0.4, -0.2) is 25.4 Å². The topological polar surface area (TPSA) is 72.7 Å². The average Bonchev–Trinajstić information content (AvgIpc) is 3.32. The fourth-order valence-corrected chi connectivity index (χ4v) is 3.34. The Morgan fingerprint density at radius 2 is 2.00 bits per heavy atom. The highest BCUT2D eigenvalue weighted by molar-refractivity contribution is 7.14. The minimum Gasteiger partial charge on any atom is -0.296 e. The molecule has 8 heteroatoms. The van der Waals surface area contributed by atoms with Crippen molar-refractivity contribution in [1.82, 2.24) is 19.5 Å². The maximum absolute atomic E-state index is 12.6. The zero-order chi connectivity index (χ0) is 17.9. The highest BCUT2D eigenvalue weighted by atomic mass is 35.5. The number of aromatic nitrogens is 4. The molecule has 1 aromatic carbocycles. The van der Waals surface area contributed by atoms with Gasteiger partial charge in [0.25, 0.3) is 5.91 Å². The van der Waals surface area contributed by atoms with Gasteiger partial charge in [-0.05, 0) is 24.3 Å². The Balaban J connectivity index is 1.57. The van der Waals surface area contributed by atoms with E-state index in [0.717, 1.165) is 5.69 Å². The van der Waals surface area contributed by atoms with E-state index in [-0.39, 0.29) is 5.91 Å². The van der Waals surface area contributed by atoms with E-state index in [1.807, 2.05) is 30.3 Å². The molecule has 0 saturated carbocycles.